The summed E-state index contributed by atoms with van der Waals surface area (Å²) in [5.41, 5.74) is 21.7. The molecule has 60 heavy (non-hydrogen) atoms. The first-order chi connectivity index (χ1) is 27.5. The average Bonchev–Trinajstić information content (AvgIpc) is 3.85. The van der Waals surface area contributed by atoms with Crippen LogP contribution >= 0.6 is 0 Å². The van der Waals surface area contributed by atoms with Crippen LogP contribution in [0.4, 0.5) is 0 Å². The summed E-state index contributed by atoms with van der Waals surface area (Å²) in [5, 5.41) is 0. The zero-order valence-corrected chi connectivity index (χ0v) is 41.5. The van der Waals surface area contributed by atoms with Gasteiger partial charge in [-0.1, -0.05) is 142 Å². The van der Waals surface area contributed by atoms with E-state index in [2.05, 4.69) is 203 Å². The standard InChI is InChI=1S/C37H41.C15H14.C5H7.2ClH.Zr/c1-22-11-23(2)14-26(13-22)32-18-28-17-29-19-33(27-15-24(3)12-25(4)16-27)35(37(8,9)10)21-31(29)30(28)20-34(32)36(5,6)7;1-3-8-14(9-4-1)12-7-13-15-10-5-2-6-11-15;1-2-4-5-3-1;;;/h11-16,18,20-21H,17H2,1-10H3;1-6,8-11H,12-13H2;1H,2,4-5H2;2*1H;/q-1;;-1;;;+2/p-2. The van der Waals surface area contributed by atoms with E-state index < -0.39 is 0 Å². The molecule has 2 aliphatic rings. The molecular weight excluding hydrogens is 847 g/mol. The minimum absolute atomic E-state index is 0. The van der Waals surface area contributed by atoms with Crippen molar-refractivity contribution >= 4 is 3.21 Å². The van der Waals surface area contributed by atoms with E-state index in [1.807, 2.05) is 0 Å². The van der Waals surface area contributed by atoms with Crippen molar-refractivity contribution < 1.29 is 49.0 Å². The molecule has 8 rings (SSSR count). The zero-order chi connectivity index (χ0) is 41.6. The molecule has 0 nitrogen and oxygen atoms in total. The van der Waals surface area contributed by atoms with Gasteiger partial charge < -0.3 is 30.9 Å². The Labute approximate surface area is 390 Å². The van der Waals surface area contributed by atoms with Gasteiger partial charge in [0, 0.05) is 0 Å². The molecule has 0 fully saturated rings. The summed E-state index contributed by atoms with van der Waals surface area (Å²) in [6, 6.07) is 46.6. The maximum absolute atomic E-state index is 3.95. The van der Waals surface area contributed by atoms with E-state index in [9.17, 15) is 0 Å². The van der Waals surface area contributed by atoms with Gasteiger partial charge in [0.05, 0.1) is 0 Å². The van der Waals surface area contributed by atoms with Crippen molar-refractivity contribution in [1.82, 2.24) is 0 Å². The van der Waals surface area contributed by atoms with Crippen molar-refractivity contribution in [3.63, 3.8) is 0 Å². The fourth-order valence-electron chi connectivity index (χ4n) is 8.39. The Morgan fingerprint density at radius 2 is 1.05 bits per heavy atom. The summed E-state index contributed by atoms with van der Waals surface area (Å²) in [7, 11) is 0. The molecule has 310 valence electrons. The first kappa shape index (κ1) is 49.1. The third kappa shape index (κ3) is 13.0. The molecule has 0 bridgehead atoms. The fraction of sp³-hybridized carbons (Fsp3) is 0.316. The van der Waals surface area contributed by atoms with Gasteiger partial charge in [0.25, 0.3) is 0 Å². The molecular formula is C57H62Cl2Zr-2. The van der Waals surface area contributed by atoms with Crippen LogP contribution in [0.1, 0.15) is 116 Å². The van der Waals surface area contributed by atoms with Crippen LogP contribution in [0.3, 0.4) is 0 Å². The van der Waals surface area contributed by atoms with E-state index in [4.69, 9.17) is 0 Å². The quantitative estimate of drug-likeness (QED) is 0.146. The summed E-state index contributed by atoms with van der Waals surface area (Å²) in [6.45, 7) is 22.8. The second-order valence-electron chi connectivity index (χ2n) is 18.7. The molecule has 0 aromatic heterocycles. The minimum atomic E-state index is 0. The molecule has 2 aliphatic carbocycles. The van der Waals surface area contributed by atoms with Crippen LogP contribution in [0.25, 0.3) is 33.4 Å². The molecule has 0 unspecified atom stereocenters. The van der Waals surface area contributed by atoms with Gasteiger partial charge in [0.1, 0.15) is 0 Å². The van der Waals surface area contributed by atoms with E-state index in [-0.39, 0.29) is 35.6 Å². The molecule has 0 amide bonds. The predicted molar refractivity (Wildman–Crippen MR) is 248 cm³/mol. The van der Waals surface area contributed by atoms with Gasteiger partial charge in [-0.3, -0.25) is 6.08 Å². The first-order valence-electron chi connectivity index (χ1n) is 21.2. The van der Waals surface area contributed by atoms with Gasteiger partial charge in [-0.2, -0.15) is 6.42 Å². The number of halogens is 2. The van der Waals surface area contributed by atoms with Crippen molar-refractivity contribution in [2.45, 2.75) is 119 Å². The molecule has 0 spiro atoms. The Balaban J connectivity index is 0.000000285. The molecule has 0 saturated heterocycles. The summed E-state index contributed by atoms with van der Waals surface area (Å²) in [5.74, 6) is 0. The van der Waals surface area contributed by atoms with Crippen molar-refractivity contribution in [1.29, 1.82) is 0 Å². The van der Waals surface area contributed by atoms with Crippen molar-refractivity contribution in [2.75, 3.05) is 0 Å². The summed E-state index contributed by atoms with van der Waals surface area (Å²) < 4.78 is 1.60. The Kier molecular flexibility index (Phi) is 17.5. The monoisotopic (exact) mass is 906 g/mol. The number of fused-ring (bicyclic) bond motifs is 3. The third-order valence-corrected chi connectivity index (χ3v) is 11.9. The number of aryl methyl sites for hydroxylation is 4. The maximum atomic E-state index is 3.95. The topological polar surface area (TPSA) is 0 Å². The second kappa shape index (κ2) is 21.5. The van der Waals surface area contributed by atoms with Crippen LogP contribution in [0.2, 0.25) is 0 Å². The number of benzene rings is 6. The average molecular weight is 909 g/mol. The van der Waals surface area contributed by atoms with Gasteiger partial charge in [-0.05, 0) is 67.2 Å². The van der Waals surface area contributed by atoms with Crippen LogP contribution in [0.5, 0.6) is 0 Å². The van der Waals surface area contributed by atoms with Gasteiger partial charge in [-0.15, -0.1) is 28.8 Å². The van der Waals surface area contributed by atoms with Crippen LogP contribution in [-0.2, 0) is 54.3 Å². The number of allylic oxidation sites excluding steroid dienone is 2. The Morgan fingerprint density at radius 3 is 1.48 bits per heavy atom. The summed E-state index contributed by atoms with van der Waals surface area (Å²) in [4.78, 5) is 0. The molecule has 0 aliphatic heterocycles. The van der Waals surface area contributed by atoms with Crippen LogP contribution in [0.15, 0.2) is 121 Å². The molecule has 6 aromatic rings. The van der Waals surface area contributed by atoms with E-state index in [0.29, 0.717) is 0 Å². The Hall–Kier alpha value is -3.61. The number of hydrogen-bond acceptors (Lipinski definition) is 0. The molecule has 0 saturated carbocycles. The van der Waals surface area contributed by atoms with Gasteiger partial charge in [0.15, 0.2) is 0 Å². The van der Waals surface area contributed by atoms with Crippen molar-refractivity contribution in [2.24, 2.45) is 0 Å². The normalized spacial score (nSPS) is 12.5. The van der Waals surface area contributed by atoms with Crippen LogP contribution in [0, 0.1) is 39.8 Å². The van der Waals surface area contributed by atoms with E-state index in [0.717, 1.165) is 19.3 Å². The predicted octanol–water partition coefficient (Wildman–Crippen LogP) is 8.95. The fourth-order valence-corrected chi connectivity index (χ4v) is 9.39. The summed E-state index contributed by atoms with van der Waals surface area (Å²) in [6.07, 6.45) is 12.2. The van der Waals surface area contributed by atoms with E-state index >= 15 is 0 Å². The molecule has 0 radical (unpaired) electrons. The van der Waals surface area contributed by atoms with Crippen molar-refractivity contribution in [3.8, 4) is 33.4 Å². The van der Waals surface area contributed by atoms with E-state index in [1.165, 1.54) is 108 Å². The van der Waals surface area contributed by atoms with Gasteiger partial charge >= 0.3 is 112 Å². The molecule has 0 heterocycles. The SMILES string of the molecule is Cc1cc(C)cc(-c2[c-]c3c(cc2C(C)(C)C)-c2cc(C(C)(C)C)c(-c4cc(C)cc(C)c4)cc2C3)c1.[C-]1=CCCC1.[Cl-].[Cl-].[Zr+2]=[C](Cc1ccccc1)Cc1ccccc1. The van der Waals surface area contributed by atoms with E-state index in [1.54, 1.807) is 27.4 Å². The Morgan fingerprint density at radius 1 is 0.567 bits per heavy atom. The third-order valence-electron chi connectivity index (χ3n) is 11.1. The summed E-state index contributed by atoms with van der Waals surface area (Å²) >= 11 is 1.55. The zero-order valence-electron chi connectivity index (χ0n) is 37.5. The molecule has 0 atom stereocenters. The second-order valence-corrected chi connectivity index (χ2v) is 20.4. The number of hydrogen-bond donors (Lipinski definition) is 0. The first-order valence-corrected chi connectivity index (χ1v) is 22.4. The Bertz CT molecular complexity index is 2200. The van der Waals surface area contributed by atoms with Gasteiger partial charge in [0.2, 0.25) is 0 Å². The van der Waals surface area contributed by atoms with Crippen LogP contribution < -0.4 is 24.8 Å². The number of rotatable bonds is 6. The van der Waals surface area contributed by atoms with Crippen molar-refractivity contribution in [3.05, 3.63) is 189 Å². The van der Waals surface area contributed by atoms with Crippen LogP contribution in [-0.4, -0.2) is 3.21 Å². The molecule has 6 aromatic carbocycles. The molecule has 0 N–H and O–H groups in total. The van der Waals surface area contributed by atoms with Gasteiger partial charge in [-0.25, -0.2) is 0 Å². The molecule has 3 heteroatoms.